The summed E-state index contributed by atoms with van der Waals surface area (Å²) in [7, 11) is 0. The number of carbonyl (C=O) groups excluding carboxylic acids is 1. The van der Waals surface area contributed by atoms with Crippen LogP contribution in [0.5, 0.6) is 5.19 Å². The van der Waals surface area contributed by atoms with E-state index in [1.165, 1.54) is 35.7 Å². The van der Waals surface area contributed by atoms with Gasteiger partial charge in [0.25, 0.3) is 5.19 Å². The zero-order valence-corrected chi connectivity index (χ0v) is 27.0. The molecule has 1 amide bonds. The fourth-order valence-electron chi connectivity index (χ4n) is 7.06. The number of hydrogen-bond donors (Lipinski definition) is 1. The van der Waals surface area contributed by atoms with Crippen LogP contribution in [-0.2, 0) is 11.3 Å². The number of ether oxygens (including phenoxy) is 1. The average Bonchev–Trinajstić information content (AvgIpc) is 3.70. The predicted molar refractivity (Wildman–Crippen MR) is 167 cm³/mol. The first-order chi connectivity index (χ1) is 20.0. The molecule has 2 aromatic rings. The van der Waals surface area contributed by atoms with Gasteiger partial charge in [-0.1, -0.05) is 31.1 Å². The summed E-state index contributed by atoms with van der Waals surface area (Å²) in [6.45, 7) is 10.7. The fourth-order valence-corrected chi connectivity index (χ4v) is 8.51. The molecule has 42 heavy (non-hydrogen) atoms. The van der Waals surface area contributed by atoms with E-state index in [2.05, 4.69) is 26.1 Å². The van der Waals surface area contributed by atoms with Crippen molar-refractivity contribution >= 4 is 40.4 Å². The van der Waals surface area contributed by atoms with Gasteiger partial charge in [-0.3, -0.25) is 9.69 Å². The Labute approximate surface area is 258 Å². The monoisotopic (exact) mass is 612 g/mol. The number of rotatable bonds is 8. The first-order valence-corrected chi connectivity index (χ1v) is 17.1. The summed E-state index contributed by atoms with van der Waals surface area (Å²) < 4.78 is 10.9. The van der Waals surface area contributed by atoms with Crippen molar-refractivity contribution in [2.24, 2.45) is 11.3 Å². The number of aromatic carboxylic acids is 1. The minimum Gasteiger partial charge on any atom is -0.477 e. The van der Waals surface area contributed by atoms with Gasteiger partial charge in [-0.25, -0.2) is 4.79 Å². The van der Waals surface area contributed by atoms with Crippen molar-refractivity contribution in [1.29, 1.82) is 0 Å². The van der Waals surface area contributed by atoms with Crippen LogP contribution in [0.4, 0.5) is 5.69 Å². The number of nitrogens with zero attached hydrogens (tertiary/aromatic N) is 4. The Morgan fingerprint density at radius 1 is 1.12 bits per heavy atom. The maximum absolute atomic E-state index is 13.5. The molecule has 0 bridgehead atoms. The molecule has 1 N–H and O–H groups in total. The molecular weight excluding hydrogens is 569 g/mol. The highest BCUT2D eigenvalue weighted by Gasteiger charge is 2.48. The van der Waals surface area contributed by atoms with E-state index in [-0.39, 0.29) is 28.2 Å². The van der Waals surface area contributed by atoms with Gasteiger partial charge in [-0.05, 0) is 97.2 Å². The number of hydrogen-bond acceptors (Lipinski definition) is 8. The molecule has 0 spiro atoms. The summed E-state index contributed by atoms with van der Waals surface area (Å²) >= 11 is 2.52. The smallest absolute Gasteiger partial charge is 0.348 e. The molecule has 2 aromatic heterocycles. The summed E-state index contributed by atoms with van der Waals surface area (Å²) in [5, 5.41) is 10.8. The van der Waals surface area contributed by atoms with Crippen molar-refractivity contribution in [1.82, 2.24) is 14.3 Å². The van der Waals surface area contributed by atoms with Crippen LogP contribution in [0.25, 0.3) is 0 Å². The minimum atomic E-state index is -1.01. The summed E-state index contributed by atoms with van der Waals surface area (Å²) in [6.07, 6.45) is 11.2. The number of carbonyl (C=O) groups is 2. The highest BCUT2D eigenvalue weighted by Crippen LogP contribution is 2.49. The minimum absolute atomic E-state index is 0.0789. The summed E-state index contributed by atoms with van der Waals surface area (Å²) in [4.78, 5) is 35.7. The molecule has 2 aliphatic carbocycles. The Balaban J connectivity index is 1.34. The number of aromatic nitrogens is 2. The highest BCUT2D eigenvalue weighted by molar-refractivity contribution is 7.15. The van der Waals surface area contributed by atoms with Crippen LogP contribution in [0.1, 0.15) is 119 Å². The van der Waals surface area contributed by atoms with E-state index in [1.807, 2.05) is 31.7 Å². The largest absolute Gasteiger partial charge is 0.477 e. The van der Waals surface area contributed by atoms with Crippen LogP contribution < -0.4 is 9.64 Å². The van der Waals surface area contributed by atoms with Crippen molar-refractivity contribution in [3.05, 3.63) is 21.6 Å². The van der Waals surface area contributed by atoms with E-state index in [9.17, 15) is 14.7 Å². The van der Waals surface area contributed by atoms with Gasteiger partial charge in [0.05, 0.1) is 22.6 Å². The molecule has 1 aliphatic heterocycles. The van der Waals surface area contributed by atoms with Crippen LogP contribution >= 0.6 is 22.9 Å². The zero-order valence-electron chi connectivity index (χ0n) is 25.4. The molecule has 0 atom stereocenters. The SMILES string of the molecule is CC(=O)N(c1cc(C#CC(C)(C)C)sc1C(=O)O)C1(C2CCC(Oc3nc(CN4CCCC4)ns3)CC2)CCCCC1. The second kappa shape index (κ2) is 13.0. The lowest BCUT2D eigenvalue weighted by atomic mass is 9.66. The van der Waals surface area contributed by atoms with E-state index < -0.39 is 11.5 Å². The Hall–Kier alpha value is -2.48. The molecule has 228 valence electrons. The molecule has 0 aromatic carbocycles. The standard InChI is InChI=1S/C32H44N4O4S2/c1-22(37)36(26-20-25(14-17-31(2,3)4)41-28(26)29(38)39)32(15-6-5-7-16-32)23-10-12-24(13-11-23)40-30-33-27(34-42-30)21-35-18-8-9-19-35/h20,23-24H,5-13,15-16,18-19,21H2,1-4H3,(H,38,39). The first-order valence-electron chi connectivity index (χ1n) is 15.5. The van der Waals surface area contributed by atoms with E-state index in [0.29, 0.717) is 15.8 Å². The molecule has 10 heteroatoms. The Morgan fingerprint density at radius 2 is 1.81 bits per heavy atom. The van der Waals surface area contributed by atoms with Gasteiger partial charge in [0.1, 0.15) is 11.0 Å². The average molecular weight is 613 g/mol. The van der Waals surface area contributed by atoms with E-state index >= 15 is 0 Å². The Morgan fingerprint density at radius 3 is 2.43 bits per heavy atom. The van der Waals surface area contributed by atoms with Gasteiger partial charge < -0.3 is 14.7 Å². The predicted octanol–water partition coefficient (Wildman–Crippen LogP) is 6.98. The molecule has 1 saturated heterocycles. The fraction of sp³-hybridized carbons (Fsp3) is 0.688. The van der Waals surface area contributed by atoms with Gasteiger partial charge >= 0.3 is 5.97 Å². The summed E-state index contributed by atoms with van der Waals surface area (Å²) in [5.74, 6) is 6.42. The van der Waals surface area contributed by atoms with Crippen molar-refractivity contribution in [3.63, 3.8) is 0 Å². The number of likely N-dealkylation sites (tertiary alicyclic amines) is 1. The number of carboxylic acid groups (broad SMARTS) is 1. The first kappa shape index (κ1) is 31.0. The van der Waals surface area contributed by atoms with Gasteiger partial charge in [0.15, 0.2) is 5.82 Å². The molecule has 3 aliphatic rings. The van der Waals surface area contributed by atoms with Gasteiger partial charge in [-0.15, -0.1) is 11.3 Å². The normalized spacial score (nSPS) is 22.8. The van der Waals surface area contributed by atoms with E-state index in [1.54, 1.807) is 6.92 Å². The lowest BCUT2D eigenvalue weighted by molar-refractivity contribution is -0.118. The third kappa shape index (κ3) is 7.17. The second-order valence-corrected chi connectivity index (χ2v) is 15.0. The van der Waals surface area contributed by atoms with Crippen molar-refractivity contribution in [2.45, 2.75) is 117 Å². The lowest BCUT2D eigenvalue weighted by Gasteiger charge is -2.52. The third-order valence-corrected chi connectivity index (χ3v) is 10.6. The molecule has 3 heterocycles. The highest BCUT2D eigenvalue weighted by atomic mass is 32.1. The number of carboxylic acids is 1. The van der Waals surface area contributed by atoms with Crippen molar-refractivity contribution in [2.75, 3.05) is 18.0 Å². The quantitative estimate of drug-likeness (QED) is 0.321. The number of thiophene rings is 1. The van der Waals surface area contributed by atoms with E-state index in [0.717, 1.165) is 83.2 Å². The molecule has 5 rings (SSSR count). The molecule has 0 unspecified atom stereocenters. The van der Waals surface area contributed by atoms with Crippen LogP contribution in [-0.4, -0.2) is 56.0 Å². The molecule has 8 nitrogen and oxygen atoms in total. The molecule has 2 saturated carbocycles. The van der Waals surface area contributed by atoms with E-state index in [4.69, 9.17) is 4.74 Å². The summed E-state index contributed by atoms with van der Waals surface area (Å²) in [5.41, 5.74) is -0.0953. The Bertz CT molecular complexity index is 1310. The van der Waals surface area contributed by atoms with Gasteiger partial charge in [0.2, 0.25) is 5.91 Å². The van der Waals surface area contributed by atoms with Crippen LogP contribution in [0, 0.1) is 23.2 Å². The van der Waals surface area contributed by atoms with Crippen LogP contribution in [0.2, 0.25) is 0 Å². The molecular formula is C32H44N4O4S2. The maximum atomic E-state index is 13.5. The molecule has 0 radical (unpaired) electrons. The topological polar surface area (TPSA) is 95.9 Å². The van der Waals surface area contributed by atoms with Gasteiger partial charge in [-0.2, -0.15) is 9.36 Å². The lowest BCUT2D eigenvalue weighted by Crippen LogP contribution is -2.58. The third-order valence-electron chi connectivity index (χ3n) is 8.90. The number of amides is 1. The molecule has 3 fully saturated rings. The second-order valence-electron chi connectivity index (χ2n) is 13.2. The Kier molecular flexibility index (Phi) is 9.60. The van der Waals surface area contributed by atoms with Crippen LogP contribution in [0.15, 0.2) is 6.07 Å². The van der Waals surface area contributed by atoms with Crippen molar-refractivity contribution < 1.29 is 19.4 Å². The van der Waals surface area contributed by atoms with Crippen molar-refractivity contribution in [3.8, 4) is 17.0 Å². The van der Waals surface area contributed by atoms with Gasteiger partial charge in [0, 0.05) is 23.9 Å². The summed E-state index contributed by atoms with van der Waals surface area (Å²) in [6, 6.07) is 1.84. The van der Waals surface area contributed by atoms with Crippen LogP contribution in [0.3, 0.4) is 0 Å². The number of anilines is 1. The zero-order chi connectivity index (χ0) is 29.9. The maximum Gasteiger partial charge on any atom is 0.348 e.